The van der Waals surface area contributed by atoms with E-state index in [9.17, 15) is 15.0 Å². The highest BCUT2D eigenvalue weighted by Gasteiger charge is 2.16. The van der Waals surface area contributed by atoms with Crippen molar-refractivity contribution in [1.29, 1.82) is 0 Å². The topological polar surface area (TPSA) is 66.8 Å². The van der Waals surface area contributed by atoms with E-state index in [1.807, 2.05) is 30.3 Å². The Labute approximate surface area is 117 Å². The van der Waals surface area contributed by atoms with Crippen LogP contribution in [0.5, 0.6) is 11.5 Å². The second-order valence-electron chi connectivity index (χ2n) is 4.53. The zero-order chi connectivity index (χ0) is 14.5. The van der Waals surface area contributed by atoms with Gasteiger partial charge in [0.15, 0.2) is 0 Å². The maximum absolute atomic E-state index is 11.9. The second kappa shape index (κ2) is 6.10. The summed E-state index contributed by atoms with van der Waals surface area (Å²) in [5.41, 5.74) is 1.65. The van der Waals surface area contributed by atoms with Crippen LogP contribution in [0.15, 0.2) is 42.5 Å². The summed E-state index contributed by atoms with van der Waals surface area (Å²) in [6, 6.07) is 12.2. The fourth-order valence-electron chi connectivity index (χ4n) is 1.99. The molecule has 2 aromatic carbocycles. The van der Waals surface area contributed by atoms with E-state index in [2.05, 4.69) is 0 Å². The number of hydrogen-bond donors (Lipinski definition) is 2. The lowest BCUT2D eigenvalue weighted by Gasteiger charge is -2.09. The summed E-state index contributed by atoms with van der Waals surface area (Å²) in [4.78, 5) is 11.9. The number of carbonyl (C=O) groups excluding carboxylic acids is 1. The van der Waals surface area contributed by atoms with E-state index in [-0.39, 0.29) is 23.7 Å². The van der Waals surface area contributed by atoms with E-state index in [4.69, 9.17) is 4.74 Å². The third-order valence-electron chi connectivity index (χ3n) is 2.97. The number of hydrogen-bond acceptors (Lipinski definition) is 4. The molecule has 0 bridgehead atoms. The van der Waals surface area contributed by atoms with E-state index in [1.54, 1.807) is 6.92 Å². The van der Waals surface area contributed by atoms with Crippen molar-refractivity contribution in [3.05, 3.63) is 59.2 Å². The predicted molar refractivity (Wildman–Crippen MR) is 74.9 cm³/mol. The van der Waals surface area contributed by atoms with Crippen LogP contribution in [0.2, 0.25) is 0 Å². The summed E-state index contributed by atoms with van der Waals surface area (Å²) in [6.45, 7) is 1.87. The van der Waals surface area contributed by atoms with Crippen LogP contribution in [0.1, 0.15) is 21.5 Å². The molecule has 2 aromatic rings. The van der Waals surface area contributed by atoms with Crippen molar-refractivity contribution < 1.29 is 19.7 Å². The molecule has 0 aliphatic rings. The van der Waals surface area contributed by atoms with E-state index >= 15 is 0 Å². The molecule has 2 rings (SSSR count). The summed E-state index contributed by atoms with van der Waals surface area (Å²) in [5.74, 6) is -0.941. The standard InChI is InChI=1S/C16H16O4/c1-11-9-13(17)10-14(18)15(11)16(19)20-8-7-12-5-3-2-4-6-12/h2-6,9-10,17-18H,7-8H2,1H3. The van der Waals surface area contributed by atoms with Crippen molar-refractivity contribution in [2.24, 2.45) is 0 Å². The van der Waals surface area contributed by atoms with Gasteiger partial charge < -0.3 is 14.9 Å². The SMILES string of the molecule is Cc1cc(O)cc(O)c1C(=O)OCCc1ccccc1. The van der Waals surface area contributed by atoms with E-state index in [0.717, 1.165) is 11.6 Å². The van der Waals surface area contributed by atoms with Gasteiger partial charge in [0.05, 0.1) is 6.61 Å². The molecule has 0 heterocycles. The van der Waals surface area contributed by atoms with Gasteiger partial charge in [-0.2, -0.15) is 0 Å². The molecule has 0 amide bonds. The number of rotatable bonds is 4. The average Bonchev–Trinajstić information content (AvgIpc) is 2.38. The minimum atomic E-state index is -0.587. The van der Waals surface area contributed by atoms with Gasteiger partial charge in [0, 0.05) is 12.5 Å². The fourth-order valence-corrected chi connectivity index (χ4v) is 1.99. The second-order valence-corrected chi connectivity index (χ2v) is 4.53. The number of aromatic hydroxyl groups is 2. The molecule has 0 aromatic heterocycles. The molecule has 4 nitrogen and oxygen atoms in total. The van der Waals surface area contributed by atoms with Gasteiger partial charge in [-0.25, -0.2) is 4.79 Å². The molecule has 0 atom stereocenters. The van der Waals surface area contributed by atoms with Crippen molar-refractivity contribution >= 4 is 5.97 Å². The highest BCUT2D eigenvalue weighted by Crippen LogP contribution is 2.27. The van der Waals surface area contributed by atoms with Gasteiger partial charge in [0.2, 0.25) is 0 Å². The number of benzene rings is 2. The lowest BCUT2D eigenvalue weighted by molar-refractivity contribution is 0.0505. The van der Waals surface area contributed by atoms with Crippen LogP contribution < -0.4 is 0 Å². The van der Waals surface area contributed by atoms with Gasteiger partial charge in [-0.05, 0) is 24.1 Å². The number of phenols is 2. The van der Waals surface area contributed by atoms with Gasteiger partial charge in [-0.1, -0.05) is 30.3 Å². The average molecular weight is 272 g/mol. The summed E-state index contributed by atoms with van der Waals surface area (Å²) < 4.78 is 5.15. The Morgan fingerprint density at radius 2 is 1.85 bits per heavy atom. The van der Waals surface area contributed by atoms with Crippen LogP contribution in [0.4, 0.5) is 0 Å². The molecule has 0 unspecified atom stereocenters. The van der Waals surface area contributed by atoms with Crippen LogP contribution in [0, 0.1) is 6.92 Å². The quantitative estimate of drug-likeness (QED) is 0.840. The number of phenolic OH excluding ortho intramolecular Hbond substituents is 2. The van der Waals surface area contributed by atoms with Gasteiger partial charge >= 0.3 is 5.97 Å². The first kappa shape index (κ1) is 13.9. The Morgan fingerprint density at radius 3 is 2.50 bits per heavy atom. The van der Waals surface area contributed by atoms with Crippen molar-refractivity contribution in [2.45, 2.75) is 13.3 Å². The number of carbonyl (C=O) groups is 1. The van der Waals surface area contributed by atoms with Crippen LogP contribution >= 0.6 is 0 Å². The largest absolute Gasteiger partial charge is 0.508 e. The van der Waals surface area contributed by atoms with Crippen LogP contribution in [0.25, 0.3) is 0 Å². The first-order chi connectivity index (χ1) is 9.58. The van der Waals surface area contributed by atoms with E-state index in [1.165, 1.54) is 6.07 Å². The molecular weight excluding hydrogens is 256 g/mol. The minimum Gasteiger partial charge on any atom is -0.508 e. The Kier molecular flexibility index (Phi) is 4.25. The predicted octanol–water partition coefficient (Wildman–Crippen LogP) is 2.81. The van der Waals surface area contributed by atoms with Crippen LogP contribution in [-0.2, 0) is 11.2 Å². The van der Waals surface area contributed by atoms with Gasteiger partial charge in [-0.15, -0.1) is 0 Å². The van der Waals surface area contributed by atoms with Crippen molar-refractivity contribution in [1.82, 2.24) is 0 Å². The van der Waals surface area contributed by atoms with E-state index < -0.39 is 5.97 Å². The Hall–Kier alpha value is -2.49. The van der Waals surface area contributed by atoms with Crippen molar-refractivity contribution in [3.63, 3.8) is 0 Å². The fraction of sp³-hybridized carbons (Fsp3) is 0.188. The zero-order valence-electron chi connectivity index (χ0n) is 11.2. The third kappa shape index (κ3) is 3.29. The molecule has 0 spiro atoms. The lowest BCUT2D eigenvalue weighted by Crippen LogP contribution is -2.10. The molecule has 104 valence electrons. The lowest BCUT2D eigenvalue weighted by atomic mass is 10.1. The molecule has 0 saturated carbocycles. The summed E-state index contributed by atoms with van der Waals surface area (Å²) >= 11 is 0. The van der Waals surface area contributed by atoms with Crippen LogP contribution in [0.3, 0.4) is 0 Å². The Bertz CT molecular complexity index is 582. The monoisotopic (exact) mass is 272 g/mol. The summed E-state index contributed by atoms with van der Waals surface area (Å²) in [7, 11) is 0. The Balaban J connectivity index is 1.99. The Morgan fingerprint density at radius 1 is 1.15 bits per heavy atom. The normalized spacial score (nSPS) is 10.2. The van der Waals surface area contributed by atoms with Crippen LogP contribution in [-0.4, -0.2) is 22.8 Å². The van der Waals surface area contributed by atoms with E-state index in [0.29, 0.717) is 12.0 Å². The molecule has 0 radical (unpaired) electrons. The molecule has 0 aliphatic carbocycles. The molecule has 0 aliphatic heterocycles. The summed E-state index contributed by atoms with van der Waals surface area (Å²) in [6.07, 6.45) is 0.616. The smallest absolute Gasteiger partial charge is 0.342 e. The molecule has 2 N–H and O–H groups in total. The first-order valence-electron chi connectivity index (χ1n) is 6.31. The number of ether oxygens (including phenoxy) is 1. The third-order valence-corrected chi connectivity index (χ3v) is 2.97. The molecule has 20 heavy (non-hydrogen) atoms. The number of esters is 1. The minimum absolute atomic E-state index is 0.0826. The van der Waals surface area contributed by atoms with Crippen molar-refractivity contribution in [2.75, 3.05) is 6.61 Å². The maximum Gasteiger partial charge on any atom is 0.342 e. The molecule has 4 heteroatoms. The highest BCUT2D eigenvalue weighted by molar-refractivity contribution is 5.94. The molecule has 0 fully saturated rings. The summed E-state index contributed by atoms with van der Waals surface area (Å²) in [5, 5.41) is 19.0. The molecular formula is C16H16O4. The maximum atomic E-state index is 11.9. The van der Waals surface area contributed by atoms with Gasteiger partial charge in [0.1, 0.15) is 17.1 Å². The first-order valence-corrected chi connectivity index (χ1v) is 6.31. The molecule has 0 saturated heterocycles. The highest BCUT2D eigenvalue weighted by atomic mass is 16.5. The van der Waals surface area contributed by atoms with Gasteiger partial charge in [0.25, 0.3) is 0 Å². The number of aryl methyl sites for hydroxylation is 1. The zero-order valence-corrected chi connectivity index (χ0v) is 11.2. The van der Waals surface area contributed by atoms with Gasteiger partial charge in [-0.3, -0.25) is 0 Å². The van der Waals surface area contributed by atoms with Crippen molar-refractivity contribution in [3.8, 4) is 11.5 Å².